The van der Waals surface area contributed by atoms with Crippen molar-refractivity contribution in [1.29, 1.82) is 0 Å². The highest BCUT2D eigenvalue weighted by atomic mass is 32.2. The van der Waals surface area contributed by atoms with Crippen LogP contribution >= 0.6 is 11.8 Å². The molecule has 0 aliphatic heterocycles. The maximum absolute atomic E-state index is 4.77. The fourth-order valence-corrected chi connectivity index (χ4v) is 4.11. The van der Waals surface area contributed by atoms with E-state index in [0.29, 0.717) is 17.8 Å². The Balaban J connectivity index is 1.58. The van der Waals surface area contributed by atoms with Crippen LogP contribution in [0.5, 0.6) is 0 Å². The molecule has 1 saturated carbocycles. The van der Waals surface area contributed by atoms with Crippen molar-refractivity contribution in [3.05, 3.63) is 42.0 Å². The lowest BCUT2D eigenvalue weighted by Crippen LogP contribution is -2.44. The zero-order chi connectivity index (χ0) is 19.1. The Morgan fingerprint density at radius 1 is 1.26 bits per heavy atom. The van der Waals surface area contributed by atoms with Gasteiger partial charge in [0, 0.05) is 29.8 Å². The van der Waals surface area contributed by atoms with Gasteiger partial charge in [0.1, 0.15) is 12.4 Å². The topological polar surface area (TPSA) is 67.1 Å². The fourth-order valence-electron chi connectivity index (χ4n) is 3.17. The van der Waals surface area contributed by atoms with E-state index in [1.54, 1.807) is 0 Å². The summed E-state index contributed by atoms with van der Waals surface area (Å²) in [6, 6.07) is 11.1. The van der Waals surface area contributed by atoms with Crippen LogP contribution in [-0.2, 0) is 13.6 Å². The third-order valence-electron chi connectivity index (χ3n) is 4.89. The number of aliphatic imine (C=N–C) groups is 1. The third-order valence-corrected chi connectivity index (χ3v) is 6.01. The van der Waals surface area contributed by atoms with Gasteiger partial charge in [-0.2, -0.15) is 0 Å². The Hall–Kier alpha value is -2.02. The van der Waals surface area contributed by atoms with Gasteiger partial charge >= 0.3 is 0 Å². The van der Waals surface area contributed by atoms with E-state index in [4.69, 9.17) is 4.99 Å². The monoisotopic (exact) mass is 386 g/mol. The first-order valence-corrected chi connectivity index (χ1v) is 10.6. The molecular formula is C20H30N6S. The van der Waals surface area contributed by atoms with Crippen LogP contribution in [-0.4, -0.2) is 38.6 Å². The molecule has 1 aliphatic carbocycles. The van der Waals surface area contributed by atoms with Crippen molar-refractivity contribution in [3.63, 3.8) is 0 Å². The van der Waals surface area contributed by atoms with Crippen molar-refractivity contribution in [2.75, 3.05) is 6.54 Å². The Kier molecular flexibility index (Phi) is 7.15. The molecule has 0 bridgehead atoms. The van der Waals surface area contributed by atoms with Crippen molar-refractivity contribution in [3.8, 4) is 0 Å². The minimum Gasteiger partial charge on any atom is -0.355 e. The van der Waals surface area contributed by atoms with Gasteiger partial charge < -0.3 is 15.2 Å². The highest BCUT2D eigenvalue weighted by molar-refractivity contribution is 8.00. The molecule has 6 nitrogen and oxygen atoms in total. The molecule has 1 aliphatic rings. The average Bonchev–Trinajstić information content (AvgIpc) is 3.29. The van der Waals surface area contributed by atoms with Gasteiger partial charge in [-0.25, -0.2) is 4.99 Å². The highest BCUT2D eigenvalue weighted by Crippen LogP contribution is 2.22. The Labute approximate surface area is 166 Å². The molecule has 1 atom stereocenters. The van der Waals surface area contributed by atoms with Gasteiger partial charge in [0.2, 0.25) is 0 Å². The molecule has 2 N–H and O–H groups in total. The van der Waals surface area contributed by atoms with Crippen LogP contribution in [0, 0.1) is 6.92 Å². The summed E-state index contributed by atoms with van der Waals surface area (Å²) in [5.74, 6) is 2.67. The molecule has 2 aromatic rings. The van der Waals surface area contributed by atoms with Gasteiger partial charge in [-0.05, 0) is 31.9 Å². The normalized spacial score (nSPS) is 16.5. The fraction of sp³-hybridized carbons (Fsp3) is 0.550. The zero-order valence-corrected chi connectivity index (χ0v) is 17.3. The van der Waals surface area contributed by atoms with Crippen LogP contribution in [0.4, 0.5) is 0 Å². The second-order valence-electron chi connectivity index (χ2n) is 7.14. The molecule has 27 heavy (non-hydrogen) atoms. The van der Waals surface area contributed by atoms with Crippen LogP contribution in [0.1, 0.15) is 44.3 Å². The maximum Gasteiger partial charge on any atom is 0.191 e. The lowest BCUT2D eigenvalue weighted by atomic mass is 10.2. The van der Waals surface area contributed by atoms with E-state index in [1.165, 1.54) is 30.6 Å². The first kappa shape index (κ1) is 19.7. The molecule has 146 valence electrons. The minimum absolute atomic E-state index is 0.444. The van der Waals surface area contributed by atoms with Crippen molar-refractivity contribution >= 4 is 17.7 Å². The number of benzene rings is 1. The van der Waals surface area contributed by atoms with Crippen molar-refractivity contribution in [1.82, 2.24) is 25.4 Å². The molecule has 1 aromatic heterocycles. The van der Waals surface area contributed by atoms with Gasteiger partial charge in [0.15, 0.2) is 11.8 Å². The molecule has 7 heteroatoms. The van der Waals surface area contributed by atoms with Gasteiger partial charge in [0.05, 0.1) is 0 Å². The second-order valence-corrected chi connectivity index (χ2v) is 8.65. The van der Waals surface area contributed by atoms with E-state index >= 15 is 0 Å². The molecule has 1 aromatic carbocycles. The molecule has 0 radical (unpaired) electrons. The lowest BCUT2D eigenvalue weighted by molar-refractivity contribution is 0.610. The van der Waals surface area contributed by atoms with Gasteiger partial charge in [-0.1, -0.05) is 38.0 Å². The molecule has 1 heterocycles. The summed E-state index contributed by atoms with van der Waals surface area (Å²) in [5.41, 5.74) is 0. The van der Waals surface area contributed by atoms with Gasteiger partial charge in [-0.3, -0.25) is 0 Å². The number of nitrogens with zero attached hydrogens (tertiary/aromatic N) is 4. The summed E-state index contributed by atoms with van der Waals surface area (Å²) >= 11 is 1.88. The molecule has 0 spiro atoms. The second kappa shape index (κ2) is 9.78. The van der Waals surface area contributed by atoms with E-state index in [9.17, 15) is 0 Å². The summed E-state index contributed by atoms with van der Waals surface area (Å²) < 4.78 is 1.99. The summed E-state index contributed by atoms with van der Waals surface area (Å²) in [4.78, 5) is 6.07. The van der Waals surface area contributed by atoms with Crippen LogP contribution in [0.15, 0.2) is 40.2 Å². The third kappa shape index (κ3) is 5.99. The summed E-state index contributed by atoms with van der Waals surface area (Å²) in [7, 11) is 1.98. The molecule has 0 saturated heterocycles. The number of nitrogens with one attached hydrogen (secondary N) is 2. The van der Waals surface area contributed by atoms with E-state index in [2.05, 4.69) is 58.1 Å². The summed E-state index contributed by atoms with van der Waals surface area (Å²) in [6.07, 6.45) is 5.04. The van der Waals surface area contributed by atoms with E-state index in [0.717, 1.165) is 24.2 Å². The summed E-state index contributed by atoms with van der Waals surface area (Å²) in [5, 5.41) is 15.9. The molecule has 0 amide bonds. The standard InChI is InChI=1S/C20H30N6S/c1-15(27-18-11-5-4-6-12-18)13-21-20(23-17-9-7-8-10-17)22-14-19-25-24-16(2)26(19)3/h4-6,11-12,15,17H,7-10,13-14H2,1-3H3,(H2,21,22,23). The Morgan fingerprint density at radius 2 is 2.00 bits per heavy atom. The van der Waals surface area contributed by atoms with Crippen molar-refractivity contribution in [2.24, 2.45) is 12.0 Å². The van der Waals surface area contributed by atoms with Crippen LogP contribution in [0.25, 0.3) is 0 Å². The average molecular weight is 387 g/mol. The number of hydrogen-bond acceptors (Lipinski definition) is 4. The van der Waals surface area contributed by atoms with Crippen molar-refractivity contribution < 1.29 is 0 Å². The first-order valence-electron chi connectivity index (χ1n) is 9.73. The molecular weight excluding hydrogens is 356 g/mol. The Morgan fingerprint density at radius 3 is 2.67 bits per heavy atom. The lowest BCUT2D eigenvalue weighted by Gasteiger charge is -2.19. The number of hydrogen-bond donors (Lipinski definition) is 2. The highest BCUT2D eigenvalue weighted by Gasteiger charge is 2.17. The molecule has 1 unspecified atom stereocenters. The smallest absolute Gasteiger partial charge is 0.191 e. The van der Waals surface area contributed by atoms with E-state index in [-0.39, 0.29) is 0 Å². The van der Waals surface area contributed by atoms with Gasteiger partial charge in [0.25, 0.3) is 0 Å². The van der Waals surface area contributed by atoms with Crippen molar-refractivity contribution in [2.45, 2.75) is 62.3 Å². The number of aromatic nitrogens is 3. The largest absolute Gasteiger partial charge is 0.355 e. The quantitative estimate of drug-likeness (QED) is 0.434. The Bertz CT molecular complexity index is 736. The summed E-state index contributed by atoms with van der Waals surface area (Å²) in [6.45, 7) is 5.58. The van der Waals surface area contributed by atoms with E-state index in [1.807, 2.05) is 30.3 Å². The maximum atomic E-state index is 4.77. The van der Waals surface area contributed by atoms with Crippen LogP contribution in [0.3, 0.4) is 0 Å². The minimum atomic E-state index is 0.444. The van der Waals surface area contributed by atoms with E-state index < -0.39 is 0 Å². The van der Waals surface area contributed by atoms with Crippen LogP contribution < -0.4 is 10.6 Å². The molecule has 3 rings (SSSR count). The number of thioether (sulfide) groups is 1. The van der Waals surface area contributed by atoms with Gasteiger partial charge in [-0.15, -0.1) is 22.0 Å². The SMILES string of the molecule is Cc1nnc(CN=C(NCC(C)Sc2ccccc2)NC2CCCC2)n1C. The number of rotatable bonds is 7. The van der Waals surface area contributed by atoms with Crippen LogP contribution in [0.2, 0.25) is 0 Å². The number of guanidine groups is 1. The first-order chi connectivity index (χ1) is 13.1. The predicted octanol–water partition coefficient (Wildman–Crippen LogP) is 3.28. The zero-order valence-electron chi connectivity index (χ0n) is 16.5. The predicted molar refractivity (Wildman–Crippen MR) is 112 cm³/mol. The number of aryl methyl sites for hydroxylation is 1. The molecule has 1 fully saturated rings.